The Morgan fingerprint density at radius 1 is 0.306 bits per heavy atom. The highest BCUT2D eigenvalue weighted by molar-refractivity contribution is 6.00. The minimum atomic E-state index is -0.284. The first kappa shape index (κ1) is 42.7. The van der Waals surface area contributed by atoms with Crippen molar-refractivity contribution in [2.45, 2.75) is 108 Å². The summed E-state index contributed by atoms with van der Waals surface area (Å²) in [7, 11) is 0. The molecule has 0 bridgehead atoms. The molecule has 0 amide bonds. The fourth-order valence-electron chi connectivity index (χ4n) is 9.03. The maximum atomic E-state index is 15.7. The van der Waals surface area contributed by atoms with Crippen LogP contribution in [-0.4, -0.2) is 0 Å². The number of benzene rings is 6. The van der Waals surface area contributed by atoms with Crippen LogP contribution in [0.5, 0.6) is 0 Å². The molecule has 0 saturated heterocycles. The Hall–Kier alpha value is -6.02. The van der Waals surface area contributed by atoms with E-state index in [-0.39, 0.29) is 34.1 Å². The van der Waals surface area contributed by atoms with Gasteiger partial charge in [-0.25, -0.2) is 17.6 Å². The van der Waals surface area contributed by atoms with Gasteiger partial charge in [-0.05, 0) is 195 Å². The second-order valence-corrected chi connectivity index (χ2v) is 19.5. The summed E-state index contributed by atoms with van der Waals surface area (Å²) < 4.78 is 62.8. The lowest BCUT2D eigenvalue weighted by atomic mass is 9.86. The van der Waals surface area contributed by atoms with Gasteiger partial charge in [-0.15, -0.1) is 0 Å². The zero-order valence-electron chi connectivity index (χ0n) is 38.4. The molecule has 0 unspecified atom stereocenters. The van der Waals surface area contributed by atoms with E-state index in [0.29, 0.717) is 56.1 Å². The third-order valence-electron chi connectivity index (χ3n) is 12.4. The molecule has 0 spiro atoms. The maximum Gasteiger partial charge on any atom is 0.166 e. The molecule has 4 nitrogen and oxygen atoms in total. The first-order valence-corrected chi connectivity index (χ1v) is 21.3. The van der Waals surface area contributed by atoms with Crippen LogP contribution in [0.3, 0.4) is 0 Å². The van der Waals surface area contributed by atoms with Crippen molar-refractivity contribution in [3.63, 3.8) is 0 Å². The second kappa shape index (κ2) is 14.8. The van der Waals surface area contributed by atoms with Crippen molar-refractivity contribution in [2.24, 2.45) is 0 Å². The number of nitrogens with zero attached hydrogens (tertiary/aromatic N) is 4. The van der Waals surface area contributed by atoms with E-state index >= 15 is 17.6 Å². The molecule has 8 heteroatoms. The number of hydrogen-bond acceptors (Lipinski definition) is 4. The van der Waals surface area contributed by atoms with Crippen LogP contribution < -0.4 is 19.6 Å². The predicted octanol–water partition coefficient (Wildman–Crippen LogP) is 15.7. The van der Waals surface area contributed by atoms with Gasteiger partial charge in [0.2, 0.25) is 0 Å². The molecule has 0 aromatic heterocycles. The molecule has 0 fully saturated rings. The zero-order valence-corrected chi connectivity index (χ0v) is 38.4. The number of aryl methyl sites for hydroxylation is 8. The second-order valence-electron chi connectivity index (χ2n) is 19.5. The standard InChI is InChI=1S/C54H56F4N4/c1-29-19-39(20-30(2)47(29)55)59-43-17-15-37(53(9,10)11)27-45(43)61(41-23-33(5)49(57)34(6)24-41)51(59)52-60(40-21-31(3)48(56)32(4)22-40)44-18-16-38(54(12,13)14)28-46(44)62(52)42-25-35(7)50(58)36(8)26-42/h15-28H,1-14H3/b52-51+. The number of fused-ring (bicyclic) bond motifs is 2. The molecule has 2 aliphatic rings. The molecule has 2 aliphatic heterocycles. The van der Waals surface area contributed by atoms with Crippen molar-refractivity contribution in [3.8, 4) is 0 Å². The Labute approximate surface area is 364 Å². The highest BCUT2D eigenvalue weighted by atomic mass is 19.1. The minimum absolute atomic E-state index is 0.240. The summed E-state index contributed by atoms with van der Waals surface area (Å²) >= 11 is 0. The molecule has 0 aliphatic carbocycles. The quantitative estimate of drug-likeness (QED) is 0.164. The average molecular weight is 837 g/mol. The molecule has 0 atom stereocenters. The highest BCUT2D eigenvalue weighted by Crippen LogP contribution is 2.58. The van der Waals surface area contributed by atoms with Gasteiger partial charge in [-0.2, -0.15) is 0 Å². The van der Waals surface area contributed by atoms with E-state index < -0.39 is 0 Å². The van der Waals surface area contributed by atoms with Crippen LogP contribution in [0, 0.1) is 78.7 Å². The Morgan fingerprint density at radius 3 is 0.726 bits per heavy atom. The lowest BCUT2D eigenvalue weighted by Crippen LogP contribution is -2.34. The van der Waals surface area contributed by atoms with Crippen LogP contribution in [0.2, 0.25) is 0 Å². The lowest BCUT2D eigenvalue weighted by Gasteiger charge is -2.35. The van der Waals surface area contributed by atoms with Crippen LogP contribution >= 0.6 is 0 Å². The molecule has 0 N–H and O–H groups in total. The van der Waals surface area contributed by atoms with Gasteiger partial charge in [0.1, 0.15) is 23.3 Å². The van der Waals surface area contributed by atoms with Gasteiger partial charge in [-0.3, -0.25) is 19.6 Å². The predicted molar refractivity (Wildman–Crippen MR) is 249 cm³/mol. The summed E-state index contributed by atoms with van der Waals surface area (Å²) in [6, 6.07) is 27.8. The maximum absolute atomic E-state index is 15.7. The third kappa shape index (κ3) is 6.92. The molecular weight excluding hydrogens is 781 g/mol. The van der Waals surface area contributed by atoms with Gasteiger partial charge in [0, 0.05) is 22.7 Å². The first-order valence-electron chi connectivity index (χ1n) is 21.3. The van der Waals surface area contributed by atoms with E-state index in [4.69, 9.17) is 0 Å². The fourth-order valence-corrected chi connectivity index (χ4v) is 9.03. The molecule has 6 aromatic rings. The Kier molecular flexibility index (Phi) is 10.2. The van der Waals surface area contributed by atoms with Gasteiger partial charge in [0.05, 0.1) is 22.7 Å². The van der Waals surface area contributed by atoms with E-state index in [1.165, 1.54) is 0 Å². The largest absolute Gasteiger partial charge is 0.291 e. The minimum Gasteiger partial charge on any atom is -0.291 e. The smallest absolute Gasteiger partial charge is 0.166 e. The van der Waals surface area contributed by atoms with E-state index in [0.717, 1.165) is 56.6 Å². The van der Waals surface area contributed by atoms with Gasteiger partial charge >= 0.3 is 0 Å². The van der Waals surface area contributed by atoms with E-state index in [1.807, 2.05) is 48.5 Å². The number of hydrogen-bond donors (Lipinski definition) is 0. The molecule has 2 heterocycles. The summed E-state index contributed by atoms with van der Waals surface area (Å²) in [6.07, 6.45) is 0. The summed E-state index contributed by atoms with van der Waals surface area (Å²) in [6.45, 7) is 27.2. The zero-order chi connectivity index (χ0) is 45.1. The summed E-state index contributed by atoms with van der Waals surface area (Å²) in [5, 5.41) is 0. The van der Waals surface area contributed by atoms with E-state index in [1.54, 1.807) is 55.4 Å². The van der Waals surface area contributed by atoms with Crippen LogP contribution in [-0.2, 0) is 10.8 Å². The Balaban J connectivity index is 1.64. The van der Waals surface area contributed by atoms with Crippen LogP contribution in [0.4, 0.5) is 63.1 Å². The van der Waals surface area contributed by atoms with E-state index in [2.05, 4.69) is 97.5 Å². The topological polar surface area (TPSA) is 13.0 Å². The molecular formula is C54H56F4N4. The van der Waals surface area contributed by atoms with Crippen molar-refractivity contribution < 1.29 is 17.6 Å². The SMILES string of the molecule is Cc1cc(N2/C(=C3/N(c4cc(C)c(F)c(C)c4)c4ccc(C(C)(C)C)cc4N3c3cc(C)c(F)c(C)c3)N(c3cc(C)c(F)c(C)c3)c3cc(C(C)(C)C)ccc32)cc(C)c1F. The monoisotopic (exact) mass is 836 g/mol. The van der Waals surface area contributed by atoms with Crippen LogP contribution in [0.1, 0.15) is 97.2 Å². The molecule has 8 rings (SSSR count). The summed E-state index contributed by atoms with van der Waals surface area (Å²) in [4.78, 5) is 8.67. The Morgan fingerprint density at radius 2 is 0.516 bits per heavy atom. The summed E-state index contributed by atoms with van der Waals surface area (Å²) in [5.74, 6) is 0.187. The third-order valence-corrected chi connectivity index (χ3v) is 12.4. The first-order chi connectivity index (χ1) is 29.0. The number of halogens is 4. The van der Waals surface area contributed by atoms with Crippen molar-refractivity contribution in [1.82, 2.24) is 0 Å². The highest BCUT2D eigenvalue weighted by Gasteiger charge is 2.46. The lowest BCUT2D eigenvalue weighted by molar-refractivity contribution is 0.590. The van der Waals surface area contributed by atoms with Gasteiger partial charge in [-0.1, -0.05) is 53.7 Å². The van der Waals surface area contributed by atoms with Crippen LogP contribution in [0.25, 0.3) is 0 Å². The fraction of sp³-hybridized carbons (Fsp3) is 0.296. The average Bonchev–Trinajstić information content (AvgIpc) is 3.71. The number of anilines is 8. The van der Waals surface area contributed by atoms with Crippen LogP contribution in [0.15, 0.2) is 96.6 Å². The molecule has 0 saturated carbocycles. The number of rotatable bonds is 4. The van der Waals surface area contributed by atoms with Gasteiger partial charge < -0.3 is 0 Å². The van der Waals surface area contributed by atoms with Crippen molar-refractivity contribution in [3.05, 3.63) is 175 Å². The van der Waals surface area contributed by atoms with Crippen molar-refractivity contribution >= 4 is 45.5 Å². The van der Waals surface area contributed by atoms with Crippen molar-refractivity contribution in [1.29, 1.82) is 0 Å². The molecule has 6 aromatic carbocycles. The Bertz CT molecular complexity index is 2590. The van der Waals surface area contributed by atoms with Crippen molar-refractivity contribution in [2.75, 3.05) is 19.6 Å². The molecule has 320 valence electrons. The van der Waals surface area contributed by atoms with Gasteiger partial charge in [0.15, 0.2) is 11.6 Å². The van der Waals surface area contributed by atoms with E-state index in [9.17, 15) is 0 Å². The normalized spacial score (nSPS) is 15.3. The van der Waals surface area contributed by atoms with Gasteiger partial charge in [0.25, 0.3) is 0 Å². The molecule has 62 heavy (non-hydrogen) atoms. The summed E-state index contributed by atoms with van der Waals surface area (Å²) in [5.41, 5.74) is 11.8. The molecule has 0 radical (unpaired) electrons.